The summed E-state index contributed by atoms with van der Waals surface area (Å²) in [6.45, 7) is 3.08. The standard InChI is InChI=1S/C39H47N3O3S/c1-41(26-12-13-31-22-24-39(25-23-31,42-27-10-11-28-42)35-18-6-3-7-19-35)38(43)30-37(33-15-4-2-5-16-33)40-46(44,45)36-21-20-32-14-8-9-17-34(32)29-36/h2-9,14-21,29,31,37,40H,10-13,22-28,30H2,1H3. The number of amides is 1. The van der Waals surface area contributed by atoms with Crippen LogP contribution in [0.4, 0.5) is 0 Å². The number of hydrogen-bond donors (Lipinski definition) is 1. The summed E-state index contributed by atoms with van der Waals surface area (Å²) >= 11 is 0. The van der Waals surface area contributed by atoms with Crippen LogP contribution >= 0.6 is 0 Å². The number of carbonyl (C=O) groups is 1. The van der Waals surface area contributed by atoms with Gasteiger partial charge in [-0.3, -0.25) is 9.69 Å². The summed E-state index contributed by atoms with van der Waals surface area (Å²) in [6, 6.07) is 32.7. The summed E-state index contributed by atoms with van der Waals surface area (Å²) in [5.74, 6) is 0.615. The van der Waals surface area contributed by atoms with Gasteiger partial charge in [0.1, 0.15) is 0 Å². The Kier molecular flexibility index (Phi) is 10.2. The van der Waals surface area contributed by atoms with Crippen molar-refractivity contribution < 1.29 is 13.2 Å². The zero-order chi connectivity index (χ0) is 32.0. The van der Waals surface area contributed by atoms with Crippen molar-refractivity contribution in [2.24, 2.45) is 5.92 Å². The minimum atomic E-state index is -3.86. The Morgan fingerprint density at radius 1 is 0.870 bits per heavy atom. The minimum absolute atomic E-state index is 0.0594. The average molecular weight is 638 g/mol. The number of hydrogen-bond acceptors (Lipinski definition) is 4. The van der Waals surface area contributed by atoms with E-state index in [1.807, 2.05) is 67.7 Å². The summed E-state index contributed by atoms with van der Waals surface area (Å²) in [6.07, 6.45) is 9.56. The van der Waals surface area contributed by atoms with E-state index in [4.69, 9.17) is 0 Å². The smallest absolute Gasteiger partial charge is 0.241 e. The fourth-order valence-electron chi connectivity index (χ4n) is 7.70. The van der Waals surface area contributed by atoms with Crippen LogP contribution in [-0.4, -0.2) is 50.8 Å². The molecule has 46 heavy (non-hydrogen) atoms. The van der Waals surface area contributed by atoms with E-state index in [0.29, 0.717) is 12.5 Å². The maximum atomic E-state index is 13.5. The highest BCUT2D eigenvalue weighted by molar-refractivity contribution is 7.89. The van der Waals surface area contributed by atoms with Gasteiger partial charge in [0.25, 0.3) is 0 Å². The fraction of sp³-hybridized carbons (Fsp3) is 0.410. The molecule has 0 bridgehead atoms. The van der Waals surface area contributed by atoms with E-state index in [1.54, 1.807) is 17.0 Å². The molecule has 6 rings (SSSR count). The molecule has 1 saturated carbocycles. The van der Waals surface area contributed by atoms with E-state index in [0.717, 1.165) is 29.2 Å². The van der Waals surface area contributed by atoms with Gasteiger partial charge in [0.05, 0.1) is 10.9 Å². The summed E-state index contributed by atoms with van der Waals surface area (Å²) in [5, 5.41) is 1.84. The van der Waals surface area contributed by atoms with Crippen LogP contribution < -0.4 is 4.72 Å². The molecule has 0 aromatic heterocycles. The van der Waals surface area contributed by atoms with E-state index in [9.17, 15) is 13.2 Å². The number of nitrogens with one attached hydrogen (secondary N) is 1. The molecule has 7 heteroatoms. The van der Waals surface area contributed by atoms with Crippen LogP contribution in [-0.2, 0) is 20.4 Å². The number of carbonyl (C=O) groups excluding carboxylic acids is 1. The number of likely N-dealkylation sites (tertiary alicyclic amines) is 1. The lowest BCUT2D eigenvalue weighted by atomic mass is 9.70. The third-order valence-electron chi connectivity index (χ3n) is 10.4. The lowest BCUT2D eigenvalue weighted by Crippen LogP contribution is -2.47. The lowest BCUT2D eigenvalue weighted by molar-refractivity contribution is -0.130. The molecule has 4 aromatic carbocycles. The third-order valence-corrected chi connectivity index (χ3v) is 11.9. The Hall–Kier alpha value is -3.52. The Morgan fingerprint density at radius 3 is 2.20 bits per heavy atom. The third kappa shape index (κ3) is 7.38. The zero-order valence-corrected chi connectivity index (χ0v) is 27.8. The van der Waals surface area contributed by atoms with Crippen molar-refractivity contribution in [3.8, 4) is 0 Å². The highest BCUT2D eigenvalue weighted by atomic mass is 32.2. The topological polar surface area (TPSA) is 69.7 Å². The summed E-state index contributed by atoms with van der Waals surface area (Å²) in [5.41, 5.74) is 2.42. The van der Waals surface area contributed by atoms with Gasteiger partial charge in [-0.15, -0.1) is 0 Å². The molecule has 242 valence electrons. The average Bonchev–Trinajstić information content (AvgIpc) is 3.65. The van der Waals surface area contributed by atoms with Crippen LogP contribution in [0.5, 0.6) is 0 Å². The Morgan fingerprint density at radius 2 is 1.50 bits per heavy atom. The summed E-state index contributed by atoms with van der Waals surface area (Å²) in [4.78, 5) is 18.2. The monoisotopic (exact) mass is 637 g/mol. The zero-order valence-electron chi connectivity index (χ0n) is 27.0. The second kappa shape index (κ2) is 14.5. The molecular weight excluding hydrogens is 591 g/mol. The van der Waals surface area contributed by atoms with Gasteiger partial charge in [-0.05, 0) is 104 Å². The van der Waals surface area contributed by atoms with Gasteiger partial charge >= 0.3 is 0 Å². The SMILES string of the molecule is CN(CCCC1CCC(c2ccccc2)(N2CCCC2)CC1)C(=O)CC(NS(=O)(=O)c1ccc2ccccc2c1)c1ccccc1. The van der Waals surface area contributed by atoms with E-state index >= 15 is 0 Å². The van der Waals surface area contributed by atoms with Gasteiger partial charge in [0.15, 0.2) is 0 Å². The highest BCUT2D eigenvalue weighted by Crippen LogP contribution is 2.46. The van der Waals surface area contributed by atoms with Gasteiger partial charge in [-0.2, -0.15) is 0 Å². The Labute approximate surface area is 274 Å². The van der Waals surface area contributed by atoms with Crippen LogP contribution in [0.3, 0.4) is 0 Å². The second-order valence-corrected chi connectivity index (χ2v) is 15.0. The number of nitrogens with zero attached hydrogens (tertiary/aromatic N) is 2. The number of rotatable bonds is 12. The maximum Gasteiger partial charge on any atom is 0.241 e. The summed E-state index contributed by atoms with van der Waals surface area (Å²) in [7, 11) is -2.02. The van der Waals surface area contributed by atoms with Gasteiger partial charge in [-0.1, -0.05) is 91.0 Å². The summed E-state index contributed by atoms with van der Waals surface area (Å²) < 4.78 is 29.9. The molecule has 6 nitrogen and oxygen atoms in total. The van der Waals surface area contributed by atoms with Crippen molar-refractivity contribution in [3.05, 3.63) is 114 Å². The van der Waals surface area contributed by atoms with Gasteiger partial charge in [0.2, 0.25) is 15.9 Å². The molecule has 0 radical (unpaired) electrons. The lowest BCUT2D eigenvalue weighted by Gasteiger charge is -2.47. The van der Waals surface area contributed by atoms with E-state index in [2.05, 4.69) is 40.0 Å². The number of benzene rings is 4. The Balaban J connectivity index is 1.05. The second-order valence-electron chi connectivity index (χ2n) is 13.3. The molecule has 1 heterocycles. The molecule has 1 unspecified atom stereocenters. The quantitative estimate of drug-likeness (QED) is 0.173. The minimum Gasteiger partial charge on any atom is -0.346 e. The van der Waals surface area contributed by atoms with Crippen molar-refractivity contribution in [2.45, 2.75) is 74.3 Å². The predicted octanol–water partition coefficient (Wildman–Crippen LogP) is 7.67. The molecule has 1 atom stereocenters. The molecular formula is C39H47N3O3S. The largest absolute Gasteiger partial charge is 0.346 e. The van der Waals surface area contributed by atoms with Crippen molar-refractivity contribution in [1.29, 1.82) is 0 Å². The Bertz CT molecular complexity index is 1700. The van der Waals surface area contributed by atoms with Crippen LogP contribution in [0.15, 0.2) is 108 Å². The molecule has 1 N–H and O–H groups in total. The van der Waals surface area contributed by atoms with Crippen LogP contribution in [0, 0.1) is 5.92 Å². The molecule has 1 saturated heterocycles. The molecule has 1 amide bonds. The van der Waals surface area contributed by atoms with Crippen molar-refractivity contribution in [1.82, 2.24) is 14.5 Å². The van der Waals surface area contributed by atoms with Crippen LogP contribution in [0.25, 0.3) is 10.8 Å². The van der Waals surface area contributed by atoms with Gasteiger partial charge < -0.3 is 4.90 Å². The van der Waals surface area contributed by atoms with E-state index in [-0.39, 0.29) is 22.8 Å². The van der Waals surface area contributed by atoms with Crippen molar-refractivity contribution in [3.63, 3.8) is 0 Å². The van der Waals surface area contributed by atoms with Crippen LogP contribution in [0.2, 0.25) is 0 Å². The van der Waals surface area contributed by atoms with E-state index in [1.165, 1.54) is 57.2 Å². The number of fused-ring (bicyclic) bond motifs is 1. The maximum absolute atomic E-state index is 13.5. The fourth-order valence-corrected chi connectivity index (χ4v) is 8.96. The predicted molar refractivity (Wildman–Crippen MR) is 186 cm³/mol. The first-order valence-electron chi connectivity index (χ1n) is 16.9. The normalized spacial score (nSPS) is 21.3. The van der Waals surface area contributed by atoms with Crippen LogP contribution in [0.1, 0.15) is 75.0 Å². The highest BCUT2D eigenvalue weighted by Gasteiger charge is 2.42. The molecule has 1 aliphatic carbocycles. The van der Waals surface area contributed by atoms with Crippen molar-refractivity contribution >= 4 is 26.7 Å². The molecule has 2 fully saturated rings. The number of sulfonamides is 1. The van der Waals surface area contributed by atoms with Gasteiger partial charge in [-0.25, -0.2) is 13.1 Å². The van der Waals surface area contributed by atoms with Crippen molar-refractivity contribution in [2.75, 3.05) is 26.7 Å². The first-order chi connectivity index (χ1) is 22.3. The first-order valence-corrected chi connectivity index (χ1v) is 18.4. The molecule has 1 aliphatic heterocycles. The van der Waals surface area contributed by atoms with E-state index < -0.39 is 16.1 Å². The van der Waals surface area contributed by atoms with Gasteiger partial charge in [0, 0.05) is 25.6 Å². The first kappa shape index (κ1) is 32.4. The molecule has 0 spiro atoms. The molecule has 2 aliphatic rings. The molecule has 4 aromatic rings.